The first-order chi connectivity index (χ1) is 16.3. The molecule has 0 atom stereocenters. The predicted octanol–water partition coefficient (Wildman–Crippen LogP) is 5.60. The number of nitrogens with one attached hydrogen (secondary N) is 1. The Kier molecular flexibility index (Phi) is 6.98. The summed E-state index contributed by atoms with van der Waals surface area (Å²) in [7, 11) is 0. The van der Waals surface area contributed by atoms with Crippen LogP contribution in [0.3, 0.4) is 0 Å². The number of carboxylic acid groups (broad SMARTS) is 1. The molecule has 6 heteroatoms. The van der Waals surface area contributed by atoms with Crippen LogP contribution in [-0.2, 0) is 0 Å². The molecule has 0 unspecified atom stereocenters. The van der Waals surface area contributed by atoms with Crippen LogP contribution in [0, 0.1) is 0 Å². The number of aromatic carboxylic acids is 1. The summed E-state index contributed by atoms with van der Waals surface area (Å²) in [5.74, 6) is -1.48. The summed E-state index contributed by atoms with van der Waals surface area (Å²) in [6.07, 6.45) is 1.98. The Morgan fingerprint density at radius 1 is 0.912 bits per heavy atom. The molecule has 3 N–H and O–H groups in total. The fourth-order valence-corrected chi connectivity index (χ4v) is 4.57. The van der Waals surface area contributed by atoms with E-state index in [0.717, 1.165) is 42.6 Å². The predicted molar refractivity (Wildman–Crippen MR) is 134 cm³/mol. The van der Waals surface area contributed by atoms with E-state index in [1.165, 1.54) is 6.07 Å². The van der Waals surface area contributed by atoms with Gasteiger partial charge in [-0.2, -0.15) is 0 Å². The Morgan fingerprint density at radius 3 is 2.26 bits per heavy atom. The van der Waals surface area contributed by atoms with Crippen molar-refractivity contribution >= 4 is 17.6 Å². The lowest BCUT2D eigenvalue weighted by molar-refractivity contribution is 0.0698. The maximum Gasteiger partial charge on any atom is 0.337 e. The number of carbonyl (C=O) groups is 2. The van der Waals surface area contributed by atoms with Crippen LogP contribution in [-0.4, -0.2) is 46.1 Å². The Labute approximate surface area is 199 Å². The lowest BCUT2D eigenvalue weighted by atomic mass is 9.88. The molecule has 34 heavy (non-hydrogen) atoms. The highest BCUT2D eigenvalue weighted by molar-refractivity contribution is 6.09. The standard InChI is InChI=1S/C28H30N2O4/c1-18(2)30-14-12-20(13-15-30)21-9-11-26(31)24(16-21)27(32)29-25-17-22(8-10-23(25)28(33)34)19-6-4-3-5-7-19/h3-11,16-18,20,31H,12-15H2,1-2H3,(H,29,32)(H,33,34). The van der Waals surface area contributed by atoms with Crippen LogP contribution in [0.2, 0.25) is 0 Å². The zero-order valence-corrected chi connectivity index (χ0v) is 19.5. The van der Waals surface area contributed by atoms with E-state index in [2.05, 4.69) is 24.1 Å². The fourth-order valence-electron chi connectivity index (χ4n) is 4.57. The second kappa shape index (κ2) is 10.1. The number of amides is 1. The molecule has 1 amide bonds. The molecule has 176 valence electrons. The van der Waals surface area contributed by atoms with Crippen LogP contribution in [0.1, 0.15) is 58.9 Å². The van der Waals surface area contributed by atoms with Crippen LogP contribution < -0.4 is 5.32 Å². The summed E-state index contributed by atoms with van der Waals surface area (Å²) in [6.45, 7) is 6.39. The molecule has 1 fully saturated rings. The van der Waals surface area contributed by atoms with Gasteiger partial charge in [0.05, 0.1) is 16.8 Å². The first-order valence-electron chi connectivity index (χ1n) is 11.6. The van der Waals surface area contributed by atoms with Crippen molar-refractivity contribution in [2.75, 3.05) is 18.4 Å². The highest BCUT2D eigenvalue weighted by atomic mass is 16.4. The van der Waals surface area contributed by atoms with Gasteiger partial charge >= 0.3 is 5.97 Å². The molecular weight excluding hydrogens is 428 g/mol. The van der Waals surface area contributed by atoms with Gasteiger partial charge in [0.15, 0.2) is 0 Å². The molecule has 6 nitrogen and oxygen atoms in total. The monoisotopic (exact) mass is 458 g/mol. The normalized spacial score (nSPS) is 14.8. The second-order valence-corrected chi connectivity index (χ2v) is 9.07. The summed E-state index contributed by atoms with van der Waals surface area (Å²) in [5.41, 5.74) is 3.04. The minimum atomic E-state index is -1.13. The number of aromatic hydroxyl groups is 1. The molecule has 1 heterocycles. The molecule has 0 spiro atoms. The molecule has 4 rings (SSSR count). The smallest absolute Gasteiger partial charge is 0.337 e. The van der Waals surface area contributed by atoms with Crippen molar-refractivity contribution < 1.29 is 19.8 Å². The highest BCUT2D eigenvalue weighted by Gasteiger charge is 2.24. The quantitative estimate of drug-likeness (QED) is 0.448. The zero-order valence-electron chi connectivity index (χ0n) is 19.5. The number of rotatable bonds is 6. The van der Waals surface area contributed by atoms with Crippen LogP contribution >= 0.6 is 0 Å². The Morgan fingerprint density at radius 2 is 1.62 bits per heavy atom. The largest absolute Gasteiger partial charge is 0.507 e. The van der Waals surface area contributed by atoms with Crippen molar-refractivity contribution in [3.8, 4) is 16.9 Å². The molecular formula is C28H30N2O4. The maximum absolute atomic E-state index is 13.2. The number of phenols is 1. The van der Waals surface area contributed by atoms with Gasteiger partial charge in [0, 0.05) is 6.04 Å². The van der Waals surface area contributed by atoms with Gasteiger partial charge in [-0.3, -0.25) is 4.79 Å². The highest BCUT2D eigenvalue weighted by Crippen LogP contribution is 2.32. The molecule has 0 radical (unpaired) electrons. The van der Waals surface area contributed by atoms with Gasteiger partial charge in [-0.1, -0.05) is 42.5 Å². The molecule has 1 aliphatic rings. The molecule has 3 aromatic rings. The minimum Gasteiger partial charge on any atom is -0.507 e. The summed E-state index contributed by atoms with van der Waals surface area (Å²) in [6, 6.07) is 20.1. The number of anilines is 1. The summed E-state index contributed by atoms with van der Waals surface area (Å²) in [4.78, 5) is 27.4. The van der Waals surface area contributed by atoms with Crippen LogP contribution in [0.4, 0.5) is 5.69 Å². The van der Waals surface area contributed by atoms with E-state index < -0.39 is 11.9 Å². The first kappa shape index (κ1) is 23.5. The number of carboxylic acids is 1. The summed E-state index contributed by atoms with van der Waals surface area (Å²) in [5, 5.41) is 22.8. The SMILES string of the molecule is CC(C)N1CCC(c2ccc(O)c(C(=O)Nc3cc(-c4ccccc4)ccc3C(=O)O)c2)CC1. The molecule has 1 aliphatic heterocycles. The van der Waals surface area contributed by atoms with Gasteiger partial charge in [0.2, 0.25) is 0 Å². The molecule has 0 aliphatic carbocycles. The summed E-state index contributed by atoms with van der Waals surface area (Å²) < 4.78 is 0. The zero-order chi connectivity index (χ0) is 24.2. The van der Waals surface area contributed by atoms with Gasteiger partial charge in [0.1, 0.15) is 5.75 Å². The second-order valence-electron chi connectivity index (χ2n) is 9.07. The van der Waals surface area contributed by atoms with E-state index in [9.17, 15) is 19.8 Å². The van der Waals surface area contributed by atoms with Gasteiger partial charge in [-0.15, -0.1) is 0 Å². The first-order valence-corrected chi connectivity index (χ1v) is 11.6. The molecule has 3 aromatic carbocycles. The lowest BCUT2D eigenvalue weighted by Gasteiger charge is -2.34. The molecule has 0 bridgehead atoms. The van der Waals surface area contributed by atoms with E-state index in [1.54, 1.807) is 24.3 Å². The Bertz CT molecular complexity index is 1180. The molecule has 0 aromatic heterocycles. The van der Waals surface area contributed by atoms with E-state index in [-0.39, 0.29) is 22.6 Å². The third kappa shape index (κ3) is 5.13. The van der Waals surface area contributed by atoms with E-state index in [1.807, 2.05) is 36.4 Å². The van der Waals surface area contributed by atoms with Crippen molar-refractivity contribution in [1.82, 2.24) is 4.90 Å². The van der Waals surface area contributed by atoms with Crippen LogP contribution in [0.25, 0.3) is 11.1 Å². The van der Waals surface area contributed by atoms with E-state index in [0.29, 0.717) is 12.0 Å². The Hall–Kier alpha value is -3.64. The van der Waals surface area contributed by atoms with Gasteiger partial charge < -0.3 is 20.4 Å². The number of phenolic OH excluding ortho intramolecular Hbond substituents is 1. The third-order valence-electron chi connectivity index (χ3n) is 6.60. The average Bonchev–Trinajstić information content (AvgIpc) is 2.84. The van der Waals surface area contributed by atoms with Crippen molar-refractivity contribution in [3.63, 3.8) is 0 Å². The van der Waals surface area contributed by atoms with Crippen molar-refractivity contribution in [2.45, 2.75) is 38.6 Å². The average molecular weight is 459 g/mol. The number of nitrogens with zero attached hydrogens (tertiary/aromatic N) is 1. The fraction of sp³-hybridized carbons (Fsp3) is 0.286. The van der Waals surface area contributed by atoms with Gasteiger partial charge in [-0.05, 0) is 86.7 Å². The lowest BCUT2D eigenvalue weighted by Crippen LogP contribution is -2.37. The van der Waals surface area contributed by atoms with Crippen molar-refractivity contribution in [1.29, 1.82) is 0 Å². The maximum atomic E-state index is 13.2. The molecule has 1 saturated heterocycles. The van der Waals surface area contributed by atoms with Crippen LogP contribution in [0.15, 0.2) is 66.7 Å². The topological polar surface area (TPSA) is 89.9 Å². The number of piperidine rings is 1. The van der Waals surface area contributed by atoms with Gasteiger partial charge in [-0.25, -0.2) is 4.79 Å². The number of benzene rings is 3. The van der Waals surface area contributed by atoms with Crippen molar-refractivity contribution in [2.24, 2.45) is 0 Å². The van der Waals surface area contributed by atoms with Gasteiger partial charge in [0.25, 0.3) is 5.91 Å². The minimum absolute atomic E-state index is 0.00951. The number of likely N-dealkylation sites (tertiary alicyclic amines) is 1. The Balaban J connectivity index is 1.59. The van der Waals surface area contributed by atoms with E-state index in [4.69, 9.17) is 0 Å². The van der Waals surface area contributed by atoms with Crippen molar-refractivity contribution in [3.05, 3.63) is 83.4 Å². The molecule has 0 saturated carbocycles. The third-order valence-corrected chi connectivity index (χ3v) is 6.60. The number of hydrogen-bond donors (Lipinski definition) is 3. The number of carbonyl (C=O) groups excluding carboxylic acids is 1. The summed E-state index contributed by atoms with van der Waals surface area (Å²) >= 11 is 0. The van der Waals surface area contributed by atoms with E-state index >= 15 is 0 Å². The number of hydrogen-bond acceptors (Lipinski definition) is 4. The van der Waals surface area contributed by atoms with Crippen LogP contribution in [0.5, 0.6) is 5.75 Å².